The van der Waals surface area contributed by atoms with Gasteiger partial charge in [0.25, 0.3) is 5.91 Å². The minimum absolute atomic E-state index is 0.0466. The van der Waals surface area contributed by atoms with E-state index in [1.54, 1.807) is 0 Å². The van der Waals surface area contributed by atoms with Crippen molar-refractivity contribution in [3.05, 3.63) is 41.8 Å². The molecule has 1 fully saturated rings. The number of hydrogen-bond acceptors (Lipinski definition) is 6. The molecular weight excluding hydrogens is 349 g/mol. The van der Waals surface area contributed by atoms with E-state index in [0.29, 0.717) is 5.69 Å². The Morgan fingerprint density at radius 2 is 2.04 bits per heavy atom. The highest BCUT2D eigenvalue weighted by Gasteiger charge is 2.40. The molecule has 0 spiro atoms. The number of nitrogens with one attached hydrogen (secondary N) is 1. The van der Waals surface area contributed by atoms with Gasteiger partial charge in [-0.05, 0) is 24.3 Å². The number of nitriles is 1. The standard InChI is InChI=1S/C15H14FN5O3S/c16-10-1-3-11(4-2-10)19-15-12(14(18)22)6-21(20-15)13-8-25(23,24)7-9(13)5-17/h1-4,6,9,13H,7-8H2,(H2,18,22)(H,19,20)/t9?,13-/m0/s1. The molecule has 130 valence electrons. The molecule has 0 bridgehead atoms. The van der Waals surface area contributed by atoms with E-state index in [0.717, 1.165) is 0 Å². The number of rotatable bonds is 4. The lowest BCUT2D eigenvalue weighted by Gasteiger charge is -2.11. The van der Waals surface area contributed by atoms with E-state index >= 15 is 0 Å². The van der Waals surface area contributed by atoms with Crippen molar-refractivity contribution in [1.29, 1.82) is 5.26 Å². The van der Waals surface area contributed by atoms with E-state index in [9.17, 15) is 22.9 Å². The van der Waals surface area contributed by atoms with Gasteiger partial charge in [0, 0.05) is 11.9 Å². The molecule has 10 heteroatoms. The molecule has 1 aliphatic heterocycles. The van der Waals surface area contributed by atoms with Crippen molar-refractivity contribution >= 4 is 27.2 Å². The van der Waals surface area contributed by atoms with Crippen molar-refractivity contribution in [2.24, 2.45) is 11.7 Å². The fraction of sp³-hybridized carbons (Fsp3) is 0.267. The maximum atomic E-state index is 13.0. The van der Waals surface area contributed by atoms with Gasteiger partial charge in [0.05, 0.1) is 29.5 Å². The molecule has 2 heterocycles. The molecule has 1 amide bonds. The average molecular weight is 363 g/mol. The quantitative estimate of drug-likeness (QED) is 0.832. The lowest BCUT2D eigenvalue weighted by molar-refractivity contribution is 0.100. The molecular formula is C15H14FN5O3S. The van der Waals surface area contributed by atoms with Crippen LogP contribution in [-0.2, 0) is 9.84 Å². The molecule has 1 saturated heterocycles. The lowest BCUT2D eigenvalue weighted by Crippen LogP contribution is -2.17. The summed E-state index contributed by atoms with van der Waals surface area (Å²) >= 11 is 0. The van der Waals surface area contributed by atoms with Crippen LogP contribution in [0.5, 0.6) is 0 Å². The van der Waals surface area contributed by atoms with E-state index in [4.69, 9.17) is 5.73 Å². The molecule has 0 aliphatic carbocycles. The van der Waals surface area contributed by atoms with E-state index in [-0.39, 0.29) is 22.9 Å². The predicted octanol–water partition coefficient (Wildman–Crippen LogP) is 0.974. The number of sulfone groups is 1. The van der Waals surface area contributed by atoms with Gasteiger partial charge in [0.2, 0.25) is 0 Å². The van der Waals surface area contributed by atoms with Gasteiger partial charge in [0.15, 0.2) is 15.7 Å². The molecule has 3 rings (SSSR count). The van der Waals surface area contributed by atoms with E-state index in [1.165, 1.54) is 35.1 Å². The fourth-order valence-corrected chi connectivity index (χ4v) is 4.60. The maximum Gasteiger partial charge on any atom is 0.254 e. The first-order valence-electron chi connectivity index (χ1n) is 7.30. The Balaban J connectivity index is 1.96. The maximum absolute atomic E-state index is 13.0. The Bertz CT molecular complexity index is 962. The van der Waals surface area contributed by atoms with Crippen LogP contribution in [0.1, 0.15) is 16.4 Å². The number of anilines is 2. The summed E-state index contributed by atoms with van der Waals surface area (Å²) < 4.78 is 37.9. The summed E-state index contributed by atoms with van der Waals surface area (Å²) in [6.45, 7) is 0. The van der Waals surface area contributed by atoms with Crippen LogP contribution in [0.25, 0.3) is 0 Å². The van der Waals surface area contributed by atoms with E-state index in [1.807, 2.05) is 6.07 Å². The van der Waals surface area contributed by atoms with Crippen molar-refractivity contribution in [1.82, 2.24) is 9.78 Å². The van der Waals surface area contributed by atoms with Crippen molar-refractivity contribution < 1.29 is 17.6 Å². The van der Waals surface area contributed by atoms with Crippen LogP contribution in [0.3, 0.4) is 0 Å². The smallest absolute Gasteiger partial charge is 0.254 e. The van der Waals surface area contributed by atoms with Gasteiger partial charge >= 0.3 is 0 Å². The molecule has 25 heavy (non-hydrogen) atoms. The normalized spacial score (nSPS) is 21.6. The molecule has 1 aromatic heterocycles. The zero-order valence-electron chi connectivity index (χ0n) is 12.9. The first-order chi connectivity index (χ1) is 11.8. The van der Waals surface area contributed by atoms with Gasteiger partial charge in [-0.2, -0.15) is 10.4 Å². The number of nitrogens with two attached hydrogens (primary N) is 1. The van der Waals surface area contributed by atoms with Crippen LogP contribution in [0.4, 0.5) is 15.9 Å². The third-order valence-electron chi connectivity index (χ3n) is 3.93. The summed E-state index contributed by atoms with van der Waals surface area (Å²) in [6.07, 6.45) is 1.32. The average Bonchev–Trinajstić information content (AvgIpc) is 3.10. The minimum atomic E-state index is -3.35. The molecule has 1 aliphatic rings. The third kappa shape index (κ3) is 3.46. The van der Waals surface area contributed by atoms with Gasteiger partial charge in [-0.3, -0.25) is 9.48 Å². The lowest BCUT2D eigenvalue weighted by atomic mass is 10.1. The van der Waals surface area contributed by atoms with E-state index < -0.39 is 33.5 Å². The monoisotopic (exact) mass is 363 g/mol. The zero-order valence-corrected chi connectivity index (χ0v) is 13.7. The Hall–Kier alpha value is -2.93. The summed E-state index contributed by atoms with van der Waals surface area (Å²) in [5, 5.41) is 16.2. The van der Waals surface area contributed by atoms with Crippen molar-refractivity contribution in [3.8, 4) is 6.07 Å². The van der Waals surface area contributed by atoms with Crippen LogP contribution in [0.15, 0.2) is 30.5 Å². The zero-order chi connectivity index (χ0) is 18.2. The topological polar surface area (TPSA) is 131 Å². The van der Waals surface area contributed by atoms with Gasteiger partial charge in [0.1, 0.15) is 11.4 Å². The predicted molar refractivity (Wildman–Crippen MR) is 87.2 cm³/mol. The number of aromatic nitrogens is 2. The van der Waals surface area contributed by atoms with Crippen LogP contribution in [-0.4, -0.2) is 35.6 Å². The second kappa shape index (κ2) is 6.18. The van der Waals surface area contributed by atoms with Crippen molar-refractivity contribution in [2.45, 2.75) is 6.04 Å². The van der Waals surface area contributed by atoms with Crippen LogP contribution in [0, 0.1) is 23.1 Å². The first-order valence-corrected chi connectivity index (χ1v) is 9.13. The summed E-state index contributed by atoms with van der Waals surface area (Å²) in [7, 11) is -3.35. The molecule has 8 nitrogen and oxygen atoms in total. The van der Waals surface area contributed by atoms with Crippen molar-refractivity contribution in [2.75, 3.05) is 16.8 Å². The molecule has 1 unspecified atom stereocenters. The van der Waals surface area contributed by atoms with Gasteiger partial charge in [-0.15, -0.1) is 0 Å². The SMILES string of the molecule is N#CC1CS(=O)(=O)C[C@@H]1n1cc(C(N)=O)c(Nc2ccc(F)cc2)n1. The van der Waals surface area contributed by atoms with Crippen LogP contribution in [0.2, 0.25) is 0 Å². The summed E-state index contributed by atoms with van der Waals surface area (Å²) in [5.41, 5.74) is 5.87. The number of amides is 1. The van der Waals surface area contributed by atoms with Crippen LogP contribution >= 0.6 is 0 Å². The Kier molecular flexibility index (Phi) is 4.18. The highest BCUT2D eigenvalue weighted by Crippen LogP contribution is 2.31. The Morgan fingerprint density at radius 1 is 1.36 bits per heavy atom. The van der Waals surface area contributed by atoms with Gasteiger partial charge in [-0.25, -0.2) is 12.8 Å². The van der Waals surface area contributed by atoms with Crippen LogP contribution < -0.4 is 11.1 Å². The summed E-state index contributed by atoms with van der Waals surface area (Å²) in [5.74, 6) is -2.31. The molecule has 1 aromatic carbocycles. The number of carbonyl (C=O) groups excluding carboxylic acids is 1. The Labute approximate surface area is 143 Å². The molecule has 3 N–H and O–H groups in total. The Morgan fingerprint density at radius 3 is 2.64 bits per heavy atom. The highest BCUT2D eigenvalue weighted by atomic mass is 32.2. The highest BCUT2D eigenvalue weighted by molar-refractivity contribution is 7.91. The summed E-state index contributed by atoms with van der Waals surface area (Å²) in [4.78, 5) is 11.7. The first kappa shape index (κ1) is 16.9. The number of nitrogens with zero attached hydrogens (tertiary/aromatic N) is 3. The second-order valence-electron chi connectivity index (χ2n) is 5.75. The fourth-order valence-electron chi connectivity index (χ4n) is 2.72. The minimum Gasteiger partial charge on any atom is -0.365 e. The largest absolute Gasteiger partial charge is 0.365 e. The molecule has 0 radical (unpaired) electrons. The molecule has 0 saturated carbocycles. The number of benzene rings is 1. The number of carbonyl (C=O) groups is 1. The number of hydrogen-bond donors (Lipinski definition) is 2. The van der Waals surface area contributed by atoms with Gasteiger partial charge < -0.3 is 11.1 Å². The van der Waals surface area contributed by atoms with Gasteiger partial charge in [-0.1, -0.05) is 0 Å². The molecule has 2 atom stereocenters. The number of primary amides is 1. The third-order valence-corrected chi connectivity index (χ3v) is 5.65. The second-order valence-corrected chi connectivity index (χ2v) is 7.90. The number of halogens is 1. The summed E-state index contributed by atoms with van der Waals surface area (Å²) in [6, 6.07) is 6.65. The van der Waals surface area contributed by atoms with Crippen molar-refractivity contribution in [3.63, 3.8) is 0 Å². The molecule has 2 aromatic rings. The van der Waals surface area contributed by atoms with E-state index in [2.05, 4.69) is 10.4 Å².